The van der Waals surface area contributed by atoms with Gasteiger partial charge in [0.05, 0.1) is 30.3 Å². The number of carboxylic acids is 1. The van der Waals surface area contributed by atoms with Gasteiger partial charge in [-0.15, -0.1) is 0 Å². The van der Waals surface area contributed by atoms with E-state index < -0.39 is 46.4 Å². The fourth-order valence-electron chi connectivity index (χ4n) is 5.19. The van der Waals surface area contributed by atoms with Crippen LogP contribution < -0.4 is 0 Å². The number of nitrogens with zero attached hydrogens (tertiary/aromatic N) is 2. The van der Waals surface area contributed by atoms with E-state index >= 15 is 0 Å². The van der Waals surface area contributed by atoms with E-state index in [1.54, 1.807) is 27.7 Å². The molecule has 190 valence electrons. The van der Waals surface area contributed by atoms with Crippen LogP contribution in [0.1, 0.15) is 67.7 Å². The van der Waals surface area contributed by atoms with Crippen molar-refractivity contribution < 1.29 is 29.0 Å². The maximum Gasteiger partial charge on any atom is 0.309 e. The number of carbonyl (C=O) groups is 4. The normalized spacial score (nSPS) is 21.5. The predicted octanol–water partition coefficient (Wildman–Crippen LogP) is 3.29. The predicted molar refractivity (Wildman–Crippen MR) is 126 cm³/mol. The first-order chi connectivity index (χ1) is 15.1. The Morgan fingerprint density at radius 2 is 1.70 bits per heavy atom. The van der Waals surface area contributed by atoms with Crippen LogP contribution in [0.2, 0.25) is 0 Å². The van der Waals surface area contributed by atoms with E-state index in [0.717, 1.165) is 6.54 Å². The first-order valence-electron chi connectivity index (χ1n) is 12.0. The van der Waals surface area contributed by atoms with Crippen LogP contribution in [0.3, 0.4) is 0 Å². The van der Waals surface area contributed by atoms with Gasteiger partial charge in [-0.05, 0) is 51.2 Å². The second kappa shape index (κ2) is 11.4. The van der Waals surface area contributed by atoms with Gasteiger partial charge in [0.25, 0.3) is 0 Å². The van der Waals surface area contributed by atoms with Crippen molar-refractivity contribution in [2.45, 2.75) is 67.7 Å². The highest BCUT2D eigenvalue weighted by atomic mass is 16.5. The molecule has 0 spiro atoms. The van der Waals surface area contributed by atoms with E-state index in [1.807, 2.05) is 39.8 Å². The summed E-state index contributed by atoms with van der Waals surface area (Å²) in [6.07, 6.45) is 1.59. The molecule has 1 aliphatic heterocycles. The highest BCUT2D eigenvalue weighted by Crippen LogP contribution is 2.49. The van der Waals surface area contributed by atoms with Crippen LogP contribution in [0.4, 0.5) is 0 Å². The number of imide groups is 1. The van der Waals surface area contributed by atoms with Crippen molar-refractivity contribution in [2.75, 3.05) is 33.8 Å². The second-order valence-electron chi connectivity index (χ2n) is 11.0. The third kappa shape index (κ3) is 6.78. The lowest BCUT2D eigenvalue weighted by Crippen LogP contribution is -2.43. The molecular formula is C25H44N2O6. The van der Waals surface area contributed by atoms with Crippen LogP contribution in [-0.2, 0) is 23.9 Å². The molecule has 4 atom stereocenters. The summed E-state index contributed by atoms with van der Waals surface area (Å²) >= 11 is 0. The molecule has 1 fully saturated rings. The molecule has 0 aliphatic carbocycles. The molecular weight excluding hydrogens is 424 g/mol. The zero-order valence-electron chi connectivity index (χ0n) is 21.9. The van der Waals surface area contributed by atoms with Crippen molar-refractivity contribution in [1.82, 2.24) is 9.80 Å². The van der Waals surface area contributed by atoms with Crippen LogP contribution in [-0.4, -0.2) is 72.5 Å². The van der Waals surface area contributed by atoms with E-state index in [-0.39, 0.29) is 24.8 Å². The maximum atomic E-state index is 13.5. The van der Waals surface area contributed by atoms with Gasteiger partial charge in [0.1, 0.15) is 0 Å². The Morgan fingerprint density at radius 1 is 1.12 bits per heavy atom. The summed E-state index contributed by atoms with van der Waals surface area (Å²) in [5.41, 5.74) is -1.34. The Kier molecular flexibility index (Phi) is 10.1. The molecule has 8 nitrogen and oxygen atoms in total. The van der Waals surface area contributed by atoms with Crippen LogP contribution >= 0.6 is 0 Å². The zero-order valence-corrected chi connectivity index (χ0v) is 21.9. The average Bonchev–Trinajstić information content (AvgIpc) is 2.91. The number of ether oxygens (including phenoxy) is 1. The van der Waals surface area contributed by atoms with Crippen molar-refractivity contribution in [3.05, 3.63) is 0 Å². The van der Waals surface area contributed by atoms with Crippen molar-refractivity contribution in [1.29, 1.82) is 0 Å². The lowest BCUT2D eigenvalue weighted by Gasteiger charge is -2.39. The summed E-state index contributed by atoms with van der Waals surface area (Å²) in [7, 11) is 3.89. The second-order valence-corrected chi connectivity index (χ2v) is 11.0. The SMILES string of the molecule is CCOC(=O)C(C)C(C(=O)O)C(C)(C)CC1C(=O)N(CCCN(C)C)C(=O)C1C(C)(C)CC. The number of carbonyl (C=O) groups excluding carboxylic acids is 3. The number of rotatable bonds is 13. The number of hydrogen-bond donors (Lipinski definition) is 1. The first kappa shape index (κ1) is 29.1. The first-order valence-corrected chi connectivity index (χ1v) is 12.0. The third-order valence-corrected chi connectivity index (χ3v) is 7.27. The van der Waals surface area contributed by atoms with E-state index in [9.17, 15) is 24.3 Å². The minimum Gasteiger partial charge on any atom is -0.481 e. The van der Waals surface area contributed by atoms with Gasteiger partial charge in [-0.3, -0.25) is 24.1 Å². The van der Waals surface area contributed by atoms with Crippen LogP contribution in [0.25, 0.3) is 0 Å². The summed E-state index contributed by atoms with van der Waals surface area (Å²) in [4.78, 5) is 54.9. The van der Waals surface area contributed by atoms with Crippen LogP contribution in [0.15, 0.2) is 0 Å². The number of esters is 1. The standard InChI is InChI=1S/C25H44N2O6/c1-10-24(4,5)19-17(20(28)27(21(19)29)14-12-13-26(8)9)15-25(6,7)18(22(30)31)16(3)23(32)33-11-2/h16-19H,10-15H2,1-9H3,(H,30,31). The molecule has 0 aromatic carbocycles. The van der Waals surface area contributed by atoms with E-state index in [2.05, 4.69) is 0 Å². The smallest absolute Gasteiger partial charge is 0.309 e. The van der Waals surface area contributed by atoms with Gasteiger partial charge in [0.2, 0.25) is 11.8 Å². The maximum absolute atomic E-state index is 13.5. The fourth-order valence-corrected chi connectivity index (χ4v) is 5.19. The van der Waals surface area contributed by atoms with Gasteiger partial charge in [0, 0.05) is 6.54 Å². The van der Waals surface area contributed by atoms with Gasteiger partial charge >= 0.3 is 11.9 Å². The Morgan fingerprint density at radius 3 is 2.15 bits per heavy atom. The molecule has 1 rings (SSSR count). The van der Waals surface area contributed by atoms with E-state index in [4.69, 9.17) is 4.74 Å². The van der Waals surface area contributed by atoms with Gasteiger partial charge < -0.3 is 14.7 Å². The van der Waals surface area contributed by atoms with Crippen molar-refractivity contribution in [3.63, 3.8) is 0 Å². The molecule has 33 heavy (non-hydrogen) atoms. The average molecular weight is 469 g/mol. The lowest BCUT2D eigenvalue weighted by atomic mass is 9.63. The largest absolute Gasteiger partial charge is 0.481 e. The molecule has 1 heterocycles. The monoisotopic (exact) mass is 468 g/mol. The molecule has 0 bridgehead atoms. The number of likely N-dealkylation sites (tertiary alicyclic amines) is 1. The number of carboxylic acid groups (broad SMARTS) is 1. The summed E-state index contributed by atoms with van der Waals surface area (Å²) in [5.74, 6) is -5.15. The van der Waals surface area contributed by atoms with Crippen LogP contribution in [0.5, 0.6) is 0 Å². The Bertz CT molecular complexity index is 730. The Labute approximate surface area is 199 Å². The van der Waals surface area contributed by atoms with Gasteiger partial charge in [-0.1, -0.05) is 48.0 Å². The van der Waals surface area contributed by atoms with Crippen molar-refractivity contribution >= 4 is 23.8 Å². The Balaban J connectivity index is 3.30. The molecule has 8 heteroatoms. The molecule has 1 saturated heterocycles. The molecule has 0 saturated carbocycles. The van der Waals surface area contributed by atoms with Gasteiger partial charge in [-0.25, -0.2) is 0 Å². The summed E-state index contributed by atoms with van der Waals surface area (Å²) in [6, 6.07) is 0. The molecule has 0 radical (unpaired) electrons. The number of aliphatic carboxylic acids is 1. The zero-order chi connectivity index (χ0) is 25.7. The molecule has 0 aromatic heterocycles. The highest BCUT2D eigenvalue weighted by Gasteiger charge is 2.56. The number of amides is 2. The summed E-state index contributed by atoms with van der Waals surface area (Å²) in [5, 5.41) is 10.0. The topological polar surface area (TPSA) is 104 Å². The number of hydrogen-bond acceptors (Lipinski definition) is 6. The third-order valence-electron chi connectivity index (χ3n) is 7.27. The minimum absolute atomic E-state index is 0.167. The molecule has 1 aliphatic rings. The molecule has 1 N–H and O–H groups in total. The van der Waals surface area contributed by atoms with Gasteiger partial charge in [0.15, 0.2) is 0 Å². The quantitative estimate of drug-likeness (QED) is 0.327. The van der Waals surface area contributed by atoms with E-state index in [1.165, 1.54) is 4.90 Å². The summed E-state index contributed by atoms with van der Waals surface area (Å²) in [6.45, 7) is 14.0. The van der Waals surface area contributed by atoms with E-state index in [0.29, 0.717) is 19.4 Å². The van der Waals surface area contributed by atoms with Crippen LogP contribution in [0, 0.1) is 34.5 Å². The fraction of sp³-hybridized carbons (Fsp3) is 0.840. The lowest BCUT2D eigenvalue weighted by molar-refractivity contribution is -0.162. The van der Waals surface area contributed by atoms with Gasteiger partial charge in [-0.2, -0.15) is 0 Å². The minimum atomic E-state index is -1.11. The molecule has 4 unspecified atom stereocenters. The molecule has 2 amide bonds. The Hall–Kier alpha value is -1.96. The van der Waals surface area contributed by atoms with Crippen molar-refractivity contribution in [3.8, 4) is 0 Å². The highest BCUT2D eigenvalue weighted by molar-refractivity contribution is 6.05. The van der Waals surface area contributed by atoms with Crippen molar-refractivity contribution in [2.24, 2.45) is 34.5 Å². The summed E-state index contributed by atoms with van der Waals surface area (Å²) < 4.78 is 5.08. The molecule has 0 aromatic rings.